The fourth-order valence-corrected chi connectivity index (χ4v) is 7.49. The third-order valence-electron chi connectivity index (χ3n) is 7.08. The lowest BCUT2D eigenvalue weighted by Crippen LogP contribution is -2.33. The number of hydrogen-bond acceptors (Lipinski definition) is 6. The summed E-state index contributed by atoms with van der Waals surface area (Å²) in [7, 11) is -3.30. The topological polar surface area (TPSA) is 90.5 Å². The van der Waals surface area contributed by atoms with Crippen LogP contribution in [0.1, 0.15) is 50.5 Å². The maximum Gasteiger partial charge on any atom is 0.249 e. The van der Waals surface area contributed by atoms with Crippen LogP contribution in [0.5, 0.6) is 0 Å². The van der Waals surface area contributed by atoms with E-state index in [9.17, 15) is 8.42 Å². The zero-order chi connectivity index (χ0) is 22.6. The molecule has 0 spiro atoms. The van der Waals surface area contributed by atoms with E-state index in [0.29, 0.717) is 35.7 Å². The molecule has 1 aliphatic carbocycles. The fraction of sp³-hybridized carbons (Fsp3) is 0.565. The van der Waals surface area contributed by atoms with Crippen LogP contribution in [0.25, 0.3) is 22.4 Å². The summed E-state index contributed by atoms with van der Waals surface area (Å²) in [5.74, 6) is 1.30. The van der Waals surface area contributed by atoms with Crippen molar-refractivity contribution in [3.63, 3.8) is 0 Å². The molecule has 6 rings (SSSR count). The van der Waals surface area contributed by atoms with Gasteiger partial charge in [-0.3, -0.25) is 0 Å². The number of halogens is 1. The van der Waals surface area contributed by atoms with Gasteiger partial charge in [-0.05, 0) is 50.5 Å². The van der Waals surface area contributed by atoms with Crippen LogP contribution in [0.4, 0.5) is 0 Å². The third kappa shape index (κ3) is 3.88. The van der Waals surface area contributed by atoms with E-state index in [-0.39, 0.29) is 11.3 Å². The second kappa shape index (κ2) is 8.37. The number of ether oxygens (including phenoxy) is 1. The first-order valence-corrected chi connectivity index (χ1v) is 13.6. The van der Waals surface area contributed by atoms with Gasteiger partial charge < -0.3 is 13.7 Å². The molecule has 8 nitrogen and oxygen atoms in total. The smallest absolute Gasteiger partial charge is 0.249 e. The summed E-state index contributed by atoms with van der Waals surface area (Å²) >= 11 is 6.61. The predicted molar refractivity (Wildman–Crippen MR) is 124 cm³/mol. The average Bonchev–Trinajstić information content (AvgIpc) is 3.21. The highest BCUT2D eigenvalue weighted by Crippen LogP contribution is 2.41. The van der Waals surface area contributed by atoms with E-state index in [4.69, 9.17) is 20.8 Å². The van der Waals surface area contributed by atoms with Crippen LogP contribution in [-0.2, 0) is 21.3 Å². The molecule has 176 valence electrons. The van der Waals surface area contributed by atoms with Crippen LogP contribution in [0, 0.1) is 5.92 Å². The molecule has 0 N–H and O–H groups in total. The van der Waals surface area contributed by atoms with Crippen LogP contribution in [0.3, 0.4) is 0 Å². The molecular weight excluding hydrogens is 464 g/mol. The highest BCUT2D eigenvalue weighted by molar-refractivity contribution is 7.90. The van der Waals surface area contributed by atoms with Crippen molar-refractivity contribution in [1.29, 1.82) is 0 Å². The number of aromatic nitrogens is 3. The fourth-order valence-electron chi connectivity index (χ4n) is 5.16. The van der Waals surface area contributed by atoms with Crippen molar-refractivity contribution in [3.05, 3.63) is 35.3 Å². The van der Waals surface area contributed by atoms with Gasteiger partial charge in [0.2, 0.25) is 21.8 Å². The molecule has 0 bridgehead atoms. The minimum absolute atomic E-state index is 0.245. The van der Waals surface area contributed by atoms with E-state index in [1.165, 1.54) is 0 Å². The summed E-state index contributed by atoms with van der Waals surface area (Å²) in [6, 6.07) is 5.45. The summed E-state index contributed by atoms with van der Waals surface area (Å²) in [5.41, 5.74) is 1.78. The number of fused-ring (bicyclic) bond motifs is 1. The highest BCUT2D eigenvalue weighted by Gasteiger charge is 2.46. The maximum atomic E-state index is 12.9. The van der Waals surface area contributed by atoms with Crippen LogP contribution in [0.15, 0.2) is 28.8 Å². The van der Waals surface area contributed by atoms with Crippen molar-refractivity contribution >= 4 is 32.5 Å². The molecule has 3 fully saturated rings. The standard InChI is InChI=1S/C23H27ClN4O4S/c24-19-4-1-3-17-18(14-27(21(17)19)13-15-8-11-31-12-9-15)22-25-26-23(32-22)20-5-2-10-28(20)33(29,30)16-6-7-16/h1,3-4,14-16,20H,2,5-13H2/t20-/m0/s1. The summed E-state index contributed by atoms with van der Waals surface area (Å²) in [5, 5.41) is 10.0. The number of para-hydroxylation sites is 1. The Labute approximate surface area is 197 Å². The Morgan fingerprint density at radius 1 is 1.09 bits per heavy atom. The molecule has 0 unspecified atom stereocenters. The molecule has 3 aromatic rings. The zero-order valence-corrected chi connectivity index (χ0v) is 19.9. The van der Waals surface area contributed by atoms with Gasteiger partial charge in [-0.2, -0.15) is 4.31 Å². The molecule has 2 aromatic heterocycles. The third-order valence-corrected chi connectivity index (χ3v) is 9.79. The second-order valence-electron chi connectivity index (χ2n) is 9.35. The lowest BCUT2D eigenvalue weighted by atomic mass is 10.0. The minimum Gasteiger partial charge on any atom is -0.419 e. The zero-order valence-electron chi connectivity index (χ0n) is 18.3. The van der Waals surface area contributed by atoms with E-state index >= 15 is 0 Å². The highest BCUT2D eigenvalue weighted by atomic mass is 35.5. The van der Waals surface area contributed by atoms with Crippen LogP contribution in [0.2, 0.25) is 5.02 Å². The first-order chi connectivity index (χ1) is 16.0. The molecule has 3 aliphatic rings. The number of sulfonamides is 1. The number of benzene rings is 1. The van der Waals surface area contributed by atoms with Gasteiger partial charge >= 0.3 is 0 Å². The number of rotatable bonds is 6. The molecule has 10 heteroatoms. The largest absolute Gasteiger partial charge is 0.419 e. The molecule has 4 heterocycles. The van der Waals surface area contributed by atoms with Gasteiger partial charge in [0.25, 0.3) is 0 Å². The van der Waals surface area contributed by atoms with E-state index in [2.05, 4.69) is 14.8 Å². The van der Waals surface area contributed by atoms with Crippen LogP contribution < -0.4 is 0 Å². The molecule has 2 saturated heterocycles. The first kappa shape index (κ1) is 21.6. The molecule has 1 aromatic carbocycles. The monoisotopic (exact) mass is 490 g/mol. The van der Waals surface area contributed by atoms with Crippen molar-refractivity contribution in [1.82, 2.24) is 19.1 Å². The molecule has 1 atom stereocenters. The Kier molecular flexibility index (Phi) is 5.48. The van der Waals surface area contributed by atoms with Crippen molar-refractivity contribution in [2.75, 3.05) is 19.8 Å². The van der Waals surface area contributed by atoms with Crippen molar-refractivity contribution in [2.45, 2.75) is 56.4 Å². The van der Waals surface area contributed by atoms with Crippen molar-refractivity contribution < 1.29 is 17.6 Å². The summed E-state index contributed by atoms with van der Waals surface area (Å²) < 4.78 is 41.1. The normalized spacial score (nSPS) is 23.0. The predicted octanol–water partition coefficient (Wildman–Crippen LogP) is 4.40. The SMILES string of the molecule is O=S(=O)(C1CC1)N1CCC[C@H]1c1nnc(-c2cn(CC3CCOCC3)c3c(Cl)cccc23)o1. The van der Waals surface area contributed by atoms with Gasteiger partial charge in [0, 0.05) is 37.9 Å². The van der Waals surface area contributed by atoms with Gasteiger partial charge in [-0.15, -0.1) is 10.2 Å². The Bertz CT molecular complexity index is 1280. The first-order valence-electron chi connectivity index (χ1n) is 11.7. The van der Waals surface area contributed by atoms with Gasteiger partial charge in [0.1, 0.15) is 6.04 Å². The second-order valence-corrected chi connectivity index (χ2v) is 11.9. The quantitative estimate of drug-likeness (QED) is 0.508. The Morgan fingerprint density at radius 3 is 2.70 bits per heavy atom. The van der Waals surface area contributed by atoms with Crippen LogP contribution >= 0.6 is 11.6 Å². The van der Waals surface area contributed by atoms with E-state index in [1.807, 2.05) is 24.4 Å². The van der Waals surface area contributed by atoms with Gasteiger partial charge in [-0.1, -0.05) is 23.7 Å². The van der Waals surface area contributed by atoms with E-state index in [1.54, 1.807) is 4.31 Å². The lowest BCUT2D eigenvalue weighted by molar-refractivity contribution is 0.0616. The minimum atomic E-state index is -3.30. The molecule has 2 aliphatic heterocycles. The van der Waals surface area contributed by atoms with Gasteiger partial charge in [-0.25, -0.2) is 8.42 Å². The molecule has 0 amide bonds. The average molecular weight is 491 g/mol. The summed E-state index contributed by atoms with van der Waals surface area (Å²) in [6.07, 6.45) is 7.08. The molecule has 33 heavy (non-hydrogen) atoms. The number of hydrogen-bond donors (Lipinski definition) is 0. The van der Waals surface area contributed by atoms with E-state index in [0.717, 1.165) is 68.3 Å². The molecule has 1 saturated carbocycles. The Balaban J connectivity index is 1.34. The molecular formula is C23H27ClN4O4S. The summed E-state index contributed by atoms with van der Waals surface area (Å²) in [6.45, 7) is 2.94. The van der Waals surface area contributed by atoms with Gasteiger partial charge in [0.15, 0.2) is 0 Å². The maximum absolute atomic E-state index is 12.9. The molecule has 0 radical (unpaired) electrons. The Hall–Kier alpha value is -1.94. The van der Waals surface area contributed by atoms with Gasteiger partial charge in [0.05, 0.1) is 21.4 Å². The number of nitrogens with zero attached hydrogens (tertiary/aromatic N) is 4. The van der Waals surface area contributed by atoms with Crippen molar-refractivity contribution in [2.24, 2.45) is 5.92 Å². The van der Waals surface area contributed by atoms with Crippen molar-refractivity contribution in [3.8, 4) is 11.5 Å². The lowest BCUT2D eigenvalue weighted by Gasteiger charge is -2.23. The summed E-state index contributed by atoms with van der Waals surface area (Å²) in [4.78, 5) is 0. The Morgan fingerprint density at radius 2 is 1.91 bits per heavy atom. The van der Waals surface area contributed by atoms with Crippen LogP contribution in [-0.4, -0.2) is 52.5 Å². The van der Waals surface area contributed by atoms with E-state index < -0.39 is 10.0 Å².